The number of rotatable bonds is 4. The molecule has 0 spiro atoms. The van der Waals surface area contributed by atoms with E-state index in [-0.39, 0.29) is 17.6 Å². The smallest absolute Gasteiger partial charge is 0.277 e. The minimum Gasteiger partial charge on any atom is -0.368 e. The van der Waals surface area contributed by atoms with Crippen molar-refractivity contribution < 1.29 is 4.92 Å². The third-order valence-electron chi connectivity index (χ3n) is 3.59. The zero-order valence-corrected chi connectivity index (χ0v) is 13.1. The molecule has 0 saturated heterocycles. The first-order valence-corrected chi connectivity index (χ1v) is 7.26. The lowest BCUT2D eigenvalue weighted by molar-refractivity contribution is -0.385. The van der Waals surface area contributed by atoms with E-state index in [0.29, 0.717) is 22.5 Å². The number of anilines is 2. The second-order valence-electron chi connectivity index (χ2n) is 5.21. The van der Waals surface area contributed by atoms with E-state index in [1.54, 1.807) is 42.5 Å². The molecular weight excluding hydrogens is 320 g/mol. The van der Waals surface area contributed by atoms with Gasteiger partial charge in [0.15, 0.2) is 5.82 Å². The van der Waals surface area contributed by atoms with Gasteiger partial charge in [-0.3, -0.25) is 10.1 Å². The van der Waals surface area contributed by atoms with Crippen LogP contribution in [0.3, 0.4) is 0 Å². The van der Waals surface area contributed by atoms with Crippen LogP contribution in [0.25, 0.3) is 17.0 Å². The Morgan fingerprint density at radius 3 is 2.16 bits per heavy atom. The van der Waals surface area contributed by atoms with E-state index in [1.165, 1.54) is 6.07 Å². The Balaban J connectivity index is 1.95. The van der Waals surface area contributed by atoms with Crippen LogP contribution in [0.5, 0.6) is 0 Å². The van der Waals surface area contributed by atoms with E-state index in [0.717, 1.165) is 5.56 Å². The quantitative estimate of drug-likeness (QED) is 0.553. The summed E-state index contributed by atoms with van der Waals surface area (Å²) in [5, 5.41) is 11.2. The van der Waals surface area contributed by atoms with Gasteiger partial charge in [-0.2, -0.15) is 15.0 Å². The number of aromatic nitrogens is 3. The SMILES string of the molecule is C=C(c1ccc(-c2nc(N)nc(N)n2)cc1)c1ccccc1[N+](=O)[O-]. The zero-order chi connectivity index (χ0) is 18.0. The molecule has 8 nitrogen and oxygen atoms in total. The van der Waals surface area contributed by atoms with Gasteiger partial charge in [0, 0.05) is 11.6 Å². The van der Waals surface area contributed by atoms with Gasteiger partial charge in [-0.25, -0.2) is 0 Å². The Bertz CT molecular complexity index is 949. The Kier molecular flexibility index (Phi) is 4.09. The number of para-hydroxylation sites is 1. The first-order valence-electron chi connectivity index (χ1n) is 7.26. The predicted octanol–water partition coefficient (Wildman–Crippen LogP) is 2.67. The van der Waals surface area contributed by atoms with Crippen LogP contribution in [0, 0.1) is 10.1 Å². The summed E-state index contributed by atoms with van der Waals surface area (Å²) in [7, 11) is 0. The fraction of sp³-hybridized carbons (Fsp3) is 0. The summed E-state index contributed by atoms with van der Waals surface area (Å²) >= 11 is 0. The molecule has 0 amide bonds. The van der Waals surface area contributed by atoms with Gasteiger partial charge in [0.25, 0.3) is 5.69 Å². The first kappa shape index (κ1) is 16.1. The monoisotopic (exact) mass is 334 g/mol. The molecule has 0 aliphatic heterocycles. The van der Waals surface area contributed by atoms with Gasteiger partial charge in [-0.15, -0.1) is 0 Å². The van der Waals surface area contributed by atoms with E-state index < -0.39 is 4.92 Å². The summed E-state index contributed by atoms with van der Waals surface area (Å²) in [6, 6.07) is 13.6. The van der Waals surface area contributed by atoms with Crippen molar-refractivity contribution in [2.24, 2.45) is 0 Å². The number of nitrogens with zero attached hydrogens (tertiary/aromatic N) is 4. The van der Waals surface area contributed by atoms with E-state index in [1.807, 2.05) is 0 Å². The largest absolute Gasteiger partial charge is 0.368 e. The molecular formula is C17H14N6O2. The Hall–Kier alpha value is -3.81. The summed E-state index contributed by atoms with van der Waals surface area (Å²) in [4.78, 5) is 22.6. The minimum absolute atomic E-state index is 0.00888. The molecule has 0 atom stereocenters. The van der Waals surface area contributed by atoms with E-state index >= 15 is 0 Å². The maximum atomic E-state index is 11.2. The van der Waals surface area contributed by atoms with Gasteiger partial charge in [-0.05, 0) is 17.2 Å². The van der Waals surface area contributed by atoms with Crippen molar-refractivity contribution in [1.82, 2.24) is 15.0 Å². The molecule has 4 N–H and O–H groups in total. The standard InChI is InChI=1S/C17H14N6O2/c1-10(13-4-2-3-5-14(13)23(24)25)11-6-8-12(9-7-11)15-20-16(18)22-17(19)21-15/h2-9H,1H2,(H4,18,19,20,21,22). The molecule has 0 fully saturated rings. The summed E-state index contributed by atoms with van der Waals surface area (Å²) in [5.41, 5.74) is 13.6. The highest BCUT2D eigenvalue weighted by molar-refractivity contribution is 5.83. The number of hydrogen-bond acceptors (Lipinski definition) is 7. The topological polar surface area (TPSA) is 134 Å². The summed E-state index contributed by atoms with van der Waals surface area (Å²) < 4.78 is 0. The molecule has 25 heavy (non-hydrogen) atoms. The predicted molar refractivity (Wildman–Crippen MR) is 95.3 cm³/mol. The van der Waals surface area contributed by atoms with Gasteiger partial charge in [-0.1, -0.05) is 43.0 Å². The number of nitrogen functional groups attached to an aromatic ring is 2. The second kappa shape index (κ2) is 6.36. The van der Waals surface area contributed by atoms with Gasteiger partial charge in [0.05, 0.1) is 10.5 Å². The molecule has 0 unspecified atom stereocenters. The number of hydrogen-bond donors (Lipinski definition) is 2. The van der Waals surface area contributed by atoms with Crippen LogP contribution in [-0.4, -0.2) is 19.9 Å². The zero-order valence-electron chi connectivity index (χ0n) is 13.1. The average molecular weight is 334 g/mol. The first-order chi connectivity index (χ1) is 12.0. The third-order valence-corrected chi connectivity index (χ3v) is 3.59. The molecule has 3 aromatic rings. The van der Waals surface area contributed by atoms with E-state index in [2.05, 4.69) is 21.5 Å². The van der Waals surface area contributed by atoms with Crippen molar-refractivity contribution in [3.05, 3.63) is 76.4 Å². The van der Waals surface area contributed by atoms with Crippen LogP contribution in [0.1, 0.15) is 11.1 Å². The summed E-state index contributed by atoms with van der Waals surface area (Å²) in [6.07, 6.45) is 0. The van der Waals surface area contributed by atoms with Crippen LogP contribution in [0.15, 0.2) is 55.1 Å². The molecule has 0 aliphatic rings. The molecule has 0 aliphatic carbocycles. The van der Waals surface area contributed by atoms with Crippen molar-refractivity contribution in [3.8, 4) is 11.4 Å². The van der Waals surface area contributed by atoms with Crippen molar-refractivity contribution in [2.45, 2.75) is 0 Å². The number of nitro groups is 1. The van der Waals surface area contributed by atoms with Crippen LogP contribution in [-0.2, 0) is 0 Å². The maximum absolute atomic E-state index is 11.2. The van der Waals surface area contributed by atoms with Gasteiger partial charge in [0.1, 0.15) is 0 Å². The molecule has 3 rings (SSSR count). The normalized spacial score (nSPS) is 10.4. The lowest BCUT2D eigenvalue weighted by Crippen LogP contribution is -2.04. The molecule has 8 heteroatoms. The number of nitrogens with two attached hydrogens (primary N) is 2. The van der Waals surface area contributed by atoms with Crippen molar-refractivity contribution in [3.63, 3.8) is 0 Å². The molecule has 0 radical (unpaired) electrons. The average Bonchev–Trinajstić information content (AvgIpc) is 2.60. The van der Waals surface area contributed by atoms with Gasteiger partial charge in [0.2, 0.25) is 11.9 Å². The lowest BCUT2D eigenvalue weighted by Gasteiger charge is -2.08. The van der Waals surface area contributed by atoms with Crippen LogP contribution >= 0.6 is 0 Å². The van der Waals surface area contributed by atoms with Crippen molar-refractivity contribution >= 4 is 23.2 Å². The van der Waals surface area contributed by atoms with Gasteiger partial charge >= 0.3 is 0 Å². The van der Waals surface area contributed by atoms with Crippen LogP contribution in [0.4, 0.5) is 17.6 Å². The van der Waals surface area contributed by atoms with Crippen molar-refractivity contribution in [2.75, 3.05) is 11.5 Å². The van der Waals surface area contributed by atoms with Gasteiger partial charge < -0.3 is 11.5 Å². The van der Waals surface area contributed by atoms with E-state index in [9.17, 15) is 10.1 Å². The highest BCUT2D eigenvalue weighted by Crippen LogP contribution is 2.30. The Morgan fingerprint density at radius 2 is 1.56 bits per heavy atom. The van der Waals surface area contributed by atoms with Crippen LogP contribution in [0.2, 0.25) is 0 Å². The molecule has 2 aromatic carbocycles. The summed E-state index contributed by atoms with van der Waals surface area (Å²) in [5.74, 6) is 0.430. The molecule has 1 aromatic heterocycles. The minimum atomic E-state index is -0.425. The number of benzene rings is 2. The Labute approximate surface area is 143 Å². The number of nitro benzene ring substituents is 1. The van der Waals surface area contributed by atoms with Crippen LogP contribution < -0.4 is 11.5 Å². The molecule has 124 valence electrons. The highest BCUT2D eigenvalue weighted by Gasteiger charge is 2.16. The van der Waals surface area contributed by atoms with Crippen molar-refractivity contribution in [1.29, 1.82) is 0 Å². The third kappa shape index (κ3) is 3.27. The fourth-order valence-electron chi connectivity index (χ4n) is 2.40. The highest BCUT2D eigenvalue weighted by atomic mass is 16.6. The summed E-state index contributed by atoms with van der Waals surface area (Å²) in [6.45, 7) is 3.98. The van der Waals surface area contributed by atoms with E-state index in [4.69, 9.17) is 11.5 Å². The lowest BCUT2D eigenvalue weighted by atomic mass is 9.97. The molecule has 0 saturated carbocycles. The molecule has 1 heterocycles. The molecule has 0 bridgehead atoms. The maximum Gasteiger partial charge on any atom is 0.277 e. The fourth-order valence-corrected chi connectivity index (χ4v) is 2.40. The Morgan fingerprint density at radius 1 is 0.960 bits per heavy atom. The second-order valence-corrected chi connectivity index (χ2v) is 5.21.